The number of hydrogen-bond donors (Lipinski definition) is 2. The van der Waals surface area contributed by atoms with Crippen LogP contribution in [0.2, 0.25) is 0 Å². The second kappa shape index (κ2) is 7.98. The first-order chi connectivity index (χ1) is 13.1. The lowest BCUT2D eigenvalue weighted by atomic mass is 9.85. The van der Waals surface area contributed by atoms with Crippen LogP contribution in [0.15, 0.2) is 24.3 Å². The van der Waals surface area contributed by atoms with Gasteiger partial charge in [0.25, 0.3) is 5.91 Å². The molecule has 2 heterocycles. The molecule has 6 heteroatoms. The first-order valence-electron chi connectivity index (χ1n) is 10.2. The van der Waals surface area contributed by atoms with Crippen LogP contribution in [0.25, 0.3) is 0 Å². The minimum absolute atomic E-state index is 0.0440. The molecule has 1 aromatic carbocycles. The van der Waals surface area contributed by atoms with Gasteiger partial charge in [-0.25, -0.2) is 0 Å². The Morgan fingerprint density at radius 2 is 1.74 bits per heavy atom. The first-order valence-corrected chi connectivity index (χ1v) is 10.2. The molecule has 0 aromatic heterocycles. The minimum atomic E-state index is -0.0928. The molecule has 3 atom stereocenters. The van der Waals surface area contributed by atoms with Crippen molar-refractivity contribution in [3.8, 4) is 0 Å². The van der Waals surface area contributed by atoms with E-state index in [1.54, 1.807) is 0 Å². The van der Waals surface area contributed by atoms with Crippen molar-refractivity contribution in [1.29, 1.82) is 0 Å². The molecule has 2 aliphatic heterocycles. The van der Waals surface area contributed by atoms with Crippen molar-refractivity contribution in [3.63, 3.8) is 0 Å². The molecule has 1 aromatic rings. The molecular formula is C21H30N4O2. The Morgan fingerprint density at radius 3 is 2.44 bits per heavy atom. The van der Waals surface area contributed by atoms with Crippen molar-refractivity contribution in [2.45, 2.75) is 44.2 Å². The van der Waals surface area contributed by atoms with Gasteiger partial charge in [-0.05, 0) is 56.5 Å². The van der Waals surface area contributed by atoms with Crippen LogP contribution in [0.4, 0.5) is 5.69 Å². The van der Waals surface area contributed by atoms with E-state index in [0.29, 0.717) is 17.5 Å². The summed E-state index contributed by atoms with van der Waals surface area (Å²) in [5, 5.41) is 6.52. The number of likely N-dealkylation sites (N-methyl/N-ethyl adjacent to an activating group) is 1. The third-order valence-corrected chi connectivity index (χ3v) is 6.37. The third kappa shape index (κ3) is 4.17. The summed E-state index contributed by atoms with van der Waals surface area (Å²) in [5.41, 5.74) is 1.44. The molecule has 0 bridgehead atoms. The molecule has 1 saturated carbocycles. The van der Waals surface area contributed by atoms with Gasteiger partial charge in [-0.3, -0.25) is 9.59 Å². The number of carbonyl (C=O) groups is 2. The largest absolute Gasteiger partial charge is 0.336 e. The third-order valence-electron chi connectivity index (χ3n) is 6.37. The lowest BCUT2D eigenvalue weighted by molar-refractivity contribution is -0.117. The van der Waals surface area contributed by atoms with Crippen LogP contribution < -0.4 is 10.6 Å². The van der Waals surface area contributed by atoms with Crippen LogP contribution >= 0.6 is 0 Å². The number of anilines is 1. The molecule has 27 heavy (non-hydrogen) atoms. The van der Waals surface area contributed by atoms with Gasteiger partial charge in [-0.15, -0.1) is 0 Å². The highest BCUT2D eigenvalue weighted by Gasteiger charge is 2.38. The van der Waals surface area contributed by atoms with E-state index in [2.05, 4.69) is 22.6 Å². The van der Waals surface area contributed by atoms with Crippen molar-refractivity contribution >= 4 is 17.5 Å². The number of carbonyl (C=O) groups excluding carboxylic acids is 2. The number of amides is 2. The molecule has 6 nitrogen and oxygen atoms in total. The maximum absolute atomic E-state index is 12.6. The summed E-state index contributed by atoms with van der Waals surface area (Å²) in [7, 11) is 2.08. The van der Waals surface area contributed by atoms with Crippen molar-refractivity contribution in [1.82, 2.24) is 15.1 Å². The topological polar surface area (TPSA) is 64.7 Å². The highest BCUT2D eigenvalue weighted by atomic mass is 16.2. The van der Waals surface area contributed by atoms with Gasteiger partial charge in [0.15, 0.2) is 0 Å². The zero-order chi connectivity index (χ0) is 18.8. The highest BCUT2D eigenvalue weighted by molar-refractivity contribution is 5.97. The Kier molecular flexibility index (Phi) is 5.45. The predicted octanol–water partition coefficient (Wildman–Crippen LogP) is 1.93. The van der Waals surface area contributed by atoms with Gasteiger partial charge in [-0.2, -0.15) is 0 Å². The summed E-state index contributed by atoms with van der Waals surface area (Å²) in [6, 6.07) is 7.73. The van der Waals surface area contributed by atoms with Crippen molar-refractivity contribution in [2.75, 3.05) is 38.5 Å². The Balaban J connectivity index is 1.32. The normalized spacial score (nSPS) is 28.6. The maximum Gasteiger partial charge on any atom is 0.253 e. The lowest BCUT2D eigenvalue weighted by Crippen LogP contribution is -2.47. The molecule has 2 N–H and O–H groups in total. The standard InChI is InChI=1S/C21H30N4O2/c1-24-10-12-25(13-11-24)21(27)15-6-8-17(9-7-15)22-20(26)19-14-16-4-2-3-5-18(16)23-19/h6-9,16,18-19,23H,2-5,10-14H2,1H3,(H,22,26). The van der Waals surface area contributed by atoms with Crippen LogP contribution in [-0.2, 0) is 4.79 Å². The number of rotatable bonds is 3. The van der Waals surface area contributed by atoms with Gasteiger partial charge < -0.3 is 20.4 Å². The summed E-state index contributed by atoms with van der Waals surface area (Å²) in [6.07, 6.45) is 5.93. The number of fused-ring (bicyclic) bond motifs is 1. The number of benzene rings is 1. The van der Waals surface area contributed by atoms with Crippen molar-refractivity contribution in [2.24, 2.45) is 5.92 Å². The average Bonchev–Trinajstić information content (AvgIpc) is 3.13. The average molecular weight is 370 g/mol. The molecule has 2 saturated heterocycles. The van der Waals surface area contributed by atoms with Gasteiger partial charge in [0.2, 0.25) is 5.91 Å². The Morgan fingerprint density at radius 1 is 1.04 bits per heavy atom. The molecule has 1 aliphatic carbocycles. The molecule has 146 valence electrons. The lowest BCUT2D eigenvalue weighted by Gasteiger charge is -2.32. The second-order valence-corrected chi connectivity index (χ2v) is 8.27. The fourth-order valence-corrected chi connectivity index (χ4v) is 4.64. The molecule has 0 spiro atoms. The van der Waals surface area contributed by atoms with Crippen LogP contribution in [0, 0.1) is 5.92 Å². The van der Waals surface area contributed by atoms with Crippen molar-refractivity contribution in [3.05, 3.63) is 29.8 Å². The van der Waals surface area contributed by atoms with Gasteiger partial charge in [0.1, 0.15) is 0 Å². The van der Waals surface area contributed by atoms with E-state index in [1.165, 1.54) is 25.7 Å². The zero-order valence-electron chi connectivity index (χ0n) is 16.1. The quantitative estimate of drug-likeness (QED) is 0.853. The van der Waals surface area contributed by atoms with Crippen LogP contribution in [0.5, 0.6) is 0 Å². The molecule has 4 rings (SSSR count). The fourth-order valence-electron chi connectivity index (χ4n) is 4.64. The number of piperazine rings is 1. The molecule has 3 aliphatic rings. The van der Waals surface area contributed by atoms with E-state index in [0.717, 1.165) is 38.3 Å². The van der Waals surface area contributed by atoms with Gasteiger partial charge in [0.05, 0.1) is 6.04 Å². The Hall–Kier alpha value is -1.92. The van der Waals surface area contributed by atoms with Gasteiger partial charge >= 0.3 is 0 Å². The maximum atomic E-state index is 12.6. The van der Waals surface area contributed by atoms with Gasteiger partial charge in [0, 0.05) is 43.5 Å². The second-order valence-electron chi connectivity index (χ2n) is 8.27. The predicted molar refractivity (Wildman–Crippen MR) is 106 cm³/mol. The Labute approximate surface area is 161 Å². The summed E-state index contributed by atoms with van der Waals surface area (Å²) in [6.45, 7) is 3.36. The van der Waals surface area contributed by atoms with E-state index in [9.17, 15) is 9.59 Å². The summed E-state index contributed by atoms with van der Waals surface area (Å²) in [4.78, 5) is 29.3. The Bertz CT molecular complexity index is 668. The van der Waals surface area contributed by atoms with E-state index < -0.39 is 0 Å². The zero-order valence-corrected chi connectivity index (χ0v) is 16.1. The van der Waals surface area contributed by atoms with E-state index in [1.807, 2.05) is 29.2 Å². The number of hydrogen-bond acceptors (Lipinski definition) is 4. The fraction of sp³-hybridized carbons (Fsp3) is 0.619. The molecule has 3 fully saturated rings. The van der Waals surface area contributed by atoms with Crippen LogP contribution in [-0.4, -0.2) is 66.9 Å². The summed E-state index contributed by atoms with van der Waals surface area (Å²) in [5.74, 6) is 0.767. The monoisotopic (exact) mass is 370 g/mol. The number of nitrogens with one attached hydrogen (secondary N) is 2. The van der Waals surface area contributed by atoms with E-state index in [4.69, 9.17) is 0 Å². The smallest absolute Gasteiger partial charge is 0.253 e. The minimum Gasteiger partial charge on any atom is -0.336 e. The molecule has 0 radical (unpaired) electrons. The van der Waals surface area contributed by atoms with E-state index in [-0.39, 0.29) is 17.9 Å². The first kappa shape index (κ1) is 18.4. The van der Waals surface area contributed by atoms with Crippen LogP contribution in [0.3, 0.4) is 0 Å². The van der Waals surface area contributed by atoms with Crippen molar-refractivity contribution < 1.29 is 9.59 Å². The van der Waals surface area contributed by atoms with Crippen LogP contribution in [0.1, 0.15) is 42.5 Å². The molecule has 3 unspecified atom stereocenters. The van der Waals surface area contributed by atoms with E-state index >= 15 is 0 Å². The molecule has 2 amide bonds. The summed E-state index contributed by atoms with van der Waals surface area (Å²) >= 11 is 0. The molecular weight excluding hydrogens is 340 g/mol. The SMILES string of the molecule is CN1CCN(C(=O)c2ccc(NC(=O)C3CC4CCCCC4N3)cc2)CC1. The van der Waals surface area contributed by atoms with Gasteiger partial charge in [-0.1, -0.05) is 12.8 Å². The number of nitrogens with zero attached hydrogens (tertiary/aromatic N) is 2. The summed E-state index contributed by atoms with van der Waals surface area (Å²) < 4.78 is 0. The highest BCUT2D eigenvalue weighted by Crippen LogP contribution is 2.33.